The minimum Gasteiger partial charge on any atom is -0.368 e. The third-order valence-electron chi connectivity index (χ3n) is 5.54. The van der Waals surface area contributed by atoms with Gasteiger partial charge in [-0.25, -0.2) is 4.98 Å². The van der Waals surface area contributed by atoms with Crippen LogP contribution < -0.4 is 5.73 Å². The van der Waals surface area contributed by atoms with Crippen molar-refractivity contribution < 1.29 is 9.59 Å². The molecular formula is C23H29N5O2. The van der Waals surface area contributed by atoms with E-state index in [4.69, 9.17) is 5.73 Å². The zero-order valence-electron chi connectivity index (χ0n) is 18.0. The van der Waals surface area contributed by atoms with Gasteiger partial charge in [0, 0.05) is 26.3 Å². The molecule has 0 saturated carbocycles. The lowest BCUT2D eigenvalue weighted by Gasteiger charge is -2.23. The minimum absolute atomic E-state index is 0.135. The number of carbonyl (C=O) groups is 2. The van der Waals surface area contributed by atoms with Gasteiger partial charge in [0.05, 0.1) is 11.7 Å². The second-order valence-electron chi connectivity index (χ2n) is 7.75. The fourth-order valence-corrected chi connectivity index (χ4v) is 3.39. The maximum atomic E-state index is 13.3. The summed E-state index contributed by atoms with van der Waals surface area (Å²) < 4.78 is 1.93. The molecule has 2 N–H and O–H groups in total. The first-order chi connectivity index (χ1) is 14.3. The van der Waals surface area contributed by atoms with Gasteiger partial charge in [0.2, 0.25) is 5.91 Å². The van der Waals surface area contributed by atoms with Crippen LogP contribution in [0.3, 0.4) is 0 Å². The van der Waals surface area contributed by atoms with Crippen molar-refractivity contribution in [3.63, 3.8) is 0 Å². The lowest BCUT2D eigenvalue weighted by Crippen LogP contribution is -2.40. The number of nitrogens with two attached hydrogens (primary N) is 1. The topological polar surface area (TPSA) is 83.9 Å². The minimum atomic E-state index is -0.459. The van der Waals surface area contributed by atoms with E-state index in [0.717, 1.165) is 23.3 Å². The van der Waals surface area contributed by atoms with Gasteiger partial charge >= 0.3 is 0 Å². The Morgan fingerprint density at radius 2 is 1.83 bits per heavy atom. The highest BCUT2D eigenvalue weighted by molar-refractivity contribution is 5.94. The molecule has 158 valence electrons. The summed E-state index contributed by atoms with van der Waals surface area (Å²) >= 11 is 0. The molecule has 3 aromatic rings. The van der Waals surface area contributed by atoms with Crippen molar-refractivity contribution in [2.45, 2.75) is 32.9 Å². The molecule has 2 aromatic heterocycles. The van der Waals surface area contributed by atoms with Gasteiger partial charge in [-0.3, -0.25) is 14.5 Å². The van der Waals surface area contributed by atoms with Crippen molar-refractivity contribution in [3.05, 3.63) is 71.2 Å². The molecule has 3 rings (SSSR count). The van der Waals surface area contributed by atoms with Crippen LogP contribution >= 0.6 is 0 Å². The second-order valence-corrected chi connectivity index (χ2v) is 7.75. The maximum absolute atomic E-state index is 13.3. The number of fused-ring (bicyclic) bond motifs is 1. The summed E-state index contributed by atoms with van der Waals surface area (Å²) in [4.78, 5) is 33.1. The van der Waals surface area contributed by atoms with Crippen LogP contribution in [-0.4, -0.2) is 57.7 Å². The van der Waals surface area contributed by atoms with Crippen LogP contribution in [0.5, 0.6) is 0 Å². The molecule has 7 nitrogen and oxygen atoms in total. The number of aromatic nitrogens is 2. The van der Waals surface area contributed by atoms with Crippen LogP contribution in [0.2, 0.25) is 0 Å². The van der Waals surface area contributed by atoms with Crippen molar-refractivity contribution >= 4 is 17.5 Å². The van der Waals surface area contributed by atoms with Crippen molar-refractivity contribution in [2.24, 2.45) is 5.73 Å². The van der Waals surface area contributed by atoms with Crippen LogP contribution in [0.1, 0.15) is 34.2 Å². The summed E-state index contributed by atoms with van der Waals surface area (Å²) in [6, 6.07) is 13.5. The molecule has 1 aromatic carbocycles. The predicted molar refractivity (Wildman–Crippen MR) is 117 cm³/mol. The zero-order chi connectivity index (χ0) is 21.8. The third-order valence-corrected chi connectivity index (χ3v) is 5.54. The first kappa shape index (κ1) is 21.5. The van der Waals surface area contributed by atoms with Crippen LogP contribution in [-0.2, 0) is 17.8 Å². The number of hydrogen-bond acceptors (Lipinski definition) is 4. The Labute approximate surface area is 177 Å². The number of primary amides is 1. The molecule has 30 heavy (non-hydrogen) atoms. The first-order valence-electron chi connectivity index (χ1n) is 10.0. The maximum Gasteiger partial charge on any atom is 0.274 e. The number of rotatable bonds is 8. The second kappa shape index (κ2) is 9.09. The molecule has 0 radical (unpaired) electrons. The number of pyridine rings is 1. The quantitative estimate of drug-likeness (QED) is 0.621. The third kappa shape index (κ3) is 4.52. The van der Waals surface area contributed by atoms with Crippen molar-refractivity contribution in [1.29, 1.82) is 0 Å². The van der Waals surface area contributed by atoms with Crippen LogP contribution in [0, 0.1) is 6.92 Å². The average Bonchev–Trinajstić information content (AvgIpc) is 3.11. The number of carbonyl (C=O) groups excluding carboxylic acids is 2. The Kier molecular flexibility index (Phi) is 6.52. The molecule has 2 heterocycles. The molecule has 0 saturated heterocycles. The number of aryl methyl sites for hydroxylation is 1. The van der Waals surface area contributed by atoms with Gasteiger partial charge in [0.1, 0.15) is 5.65 Å². The predicted octanol–water partition coefficient (Wildman–Crippen LogP) is 2.26. The van der Waals surface area contributed by atoms with Crippen LogP contribution in [0.25, 0.3) is 5.65 Å². The van der Waals surface area contributed by atoms with Crippen LogP contribution in [0.15, 0.2) is 48.7 Å². The zero-order valence-corrected chi connectivity index (χ0v) is 18.0. The van der Waals surface area contributed by atoms with E-state index >= 15 is 0 Å². The smallest absolute Gasteiger partial charge is 0.274 e. The molecule has 7 heteroatoms. The molecule has 0 aliphatic carbocycles. The molecule has 2 amide bonds. The summed E-state index contributed by atoms with van der Waals surface area (Å²) in [5, 5.41) is 0. The van der Waals surface area contributed by atoms with Crippen molar-refractivity contribution in [2.75, 3.05) is 20.6 Å². The fourth-order valence-electron chi connectivity index (χ4n) is 3.39. The molecule has 0 bridgehead atoms. The monoisotopic (exact) mass is 407 g/mol. The van der Waals surface area contributed by atoms with Gasteiger partial charge in [-0.05, 0) is 44.5 Å². The Balaban J connectivity index is 1.90. The molecule has 1 atom stereocenters. The SMILES string of the molecule is Cc1cccn2c(CN(C)[C@@H](C)C(N)=O)c(C(=O)N(C)CCc3ccccc3)nc12. The van der Waals surface area contributed by atoms with E-state index in [0.29, 0.717) is 18.8 Å². The summed E-state index contributed by atoms with van der Waals surface area (Å²) in [7, 11) is 3.61. The number of benzene rings is 1. The van der Waals surface area contributed by atoms with Gasteiger partial charge in [-0.2, -0.15) is 0 Å². The Hall–Kier alpha value is -3.19. The van der Waals surface area contributed by atoms with Gasteiger partial charge in [-0.15, -0.1) is 0 Å². The lowest BCUT2D eigenvalue weighted by atomic mass is 10.1. The van der Waals surface area contributed by atoms with Crippen LogP contribution in [0.4, 0.5) is 0 Å². The van der Waals surface area contributed by atoms with Crippen molar-refractivity contribution in [3.8, 4) is 0 Å². The highest BCUT2D eigenvalue weighted by Gasteiger charge is 2.25. The largest absolute Gasteiger partial charge is 0.368 e. The van der Waals surface area contributed by atoms with Gasteiger partial charge in [0.15, 0.2) is 5.69 Å². The highest BCUT2D eigenvalue weighted by atomic mass is 16.2. The van der Waals surface area contributed by atoms with E-state index in [-0.39, 0.29) is 5.91 Å². The molecule has 0 unspecified atom stereocenters. The number of likely N-dealkylation sites (N-methyl/N-ethyl adjacent to an activating group) is 2. The van der Waals surface area contributed by atoms with E-state index < -0.39 is 11.9 Å². The number of imidazole rings is 1. The Bertz CT molecular complexity index is 1040. The van der Waals surface area contributed by atoms with Gasteiger partial charge < -0.3 is 15.0 Å². The summed E-state index contributed by atoms with van der Waals surface area (Å²) in [6.07, 6.45) is 2.66. The molecular weight excluding hydrogens is 378 g/mol. The molecule has 0 fully saturated rings. The summed E-state index contributed by atoms with van der Waals surface area (Å²) in [5.41, 5.74) is 9.53. The standard InChI is InChI=1S/C23H29N5O2/c1-16-9-8-13-28-19(15-27(4)17(2)21(24)29)20(25-22(16)28)23(30)26(3)14-12-18-10-6-5-7-11-18/h5-11,13,17H,12,14-15H2,1-4H3,(H2,24,29)/t17-/m0/s1. The normalized spacial score (nSPS) is 12.3. The average molecular weight is 408 g/mol. The molecule has 0 aliphatic rings. The first-order valence-corrected chi connectivity index (χ1v) is 10.0. The summed E-state index contributed by atoms with van der Waals surface area (Å²) in [6.45, 7) is 4.69. The highest BCUT2D eigenvalue weighted by Crippen LogP contribution is 2.20. The van der Waals surface area contributed by atoms with E-state index in [9.17, 15) is 9.59 Å². The lowest BCUT2D eigenvalue weighted by molar-refractivity contribution is -0.122. The summed E-state index contributed by atoms with van der Waals surface area (Å²) in [5.74, 6) is -0.542. The number of amides is 2. The Morgan fingerprint density at radius 1 is 1.13 bits per heavy atom. The van der Waals surface area contributed by atoms with E-state index in [1.165, 1.54) is 5.56 Å². The van der Waals surface area contributed by atoms with Gasteiger partial charge in [-0.1, -0.05) is 36.4 Å². The van der Waals surface area contributed by atoms with Crippen molar-refractivity contribution in [1.82, 2.24) is 19.2 Å². The van der Waals surface area contributed by atoms with E-state index in [1.54, 1.807) is 18.9 Å². The number of nitrogens with zero attached hydrogens (tertiary/aromatic N) is 4. The van der Waals surface area contributed by atoms with E-state index in [2.05, 4.69) is 17.1 Å². The van der Waals surface area contributed by atoms with E-state index in [1.807, 2.05) is 59.8 Å². The Morgan fingerprint density at radius 3 is 2.50 bits per heavy atom. The molecule has 0 aliphatic heterocycles. The number of hydrogen-bond donors (Lipinski definition) is 1. The van der Waals surface area contributed by atoms with Gasteiger partial charge in [0.25, 0.3) is 5.91 Å². The molecule has 0 spiro atoms. The fraction of sp³-hybridized carbons (Fsp3) is 0.348.